The number of rotatable bonds is 3. The predicted molar refractivity (Wildman–Crippen MR) is 84.5 cm³/mol. The first kappa shape index (κ1) is 17.0. The third kappa shape index (κ3) is 3.89. The van der Waals surface area contributed by atoms with Crippen molar-refractivity contribution in [3.8, 4) is 6.07 Å². The molecule has 1 aliphatic rings. The zero-order chi connectivity index (χ0) is 17.2. The molecule has 2 unspecified atom stereocenters. The Hall–Kier alpha value is -2.36. The SMILES string of the molecule is CC1CC(C#N)N(C(=O)CNC(=O)c2cnn(C(C)(C)C)c2)C1. The highest BCUT2D eigenvalue weighted by Gasteiger charge is 2.32. The van der Waals surface area contributed by atoms with Gasteiger partial charge in [0.05, 0.1) is 29.9 Å². The van der Waals surface area contributed by atoms with Crippen LogP contribution in [0.2, 0.25) is 0 Å². The molecule has 0 spiro atoms. The minimum absolute atomic E-state index is 0.107. The van der Waals surface area contributed by atoms with Crippen LogP contribution in [0.3, 0.4) is 0 Å². The Morgan fingerprint density at radius 3 is 2.74 bits per heavy atom. The zero-order valence-electron chi connectivity index (χ0n) is 14.0. The minimum Gasteiger partial charge on any atom is -0.343 e. The summed E-state index contributed by atoms with van der Waals surface area (Å²) in [7, 11) is 0. The second-order valence-electron chi connectivity index (χ2n) is 7.06. The van der Waals surface area contributed by atoms with Crippen molar-refractivity contribution in [1.82, 2.24) is 20.0 Å². The van der Waals surface area contributed by atoms with Crippen LogP contribution in [-0.2, 0) is 10.3 Å². The summed E-state index contributed by atoms with van der Waals surface area (Å²) in [5, 5.41) is 15.9. The summed E-state index contributed by atoms with van der Waals surface area (Å²) in [6, 6.07) is 1.75. The number of amides is 2. The van der Waals surface area contributed by atoms with Crippen molar-refractivity contribution in [2.24, 2.45) is 5.92 Å². The standard InChI is InChI=1S/C16H23N5O2/c1-11-5-13(6-17)20(9-11)14(22)8-18-15(23)12-7-19-21(10-12)16(2,3)4/h7,10-11,13H,5,8-9H2,1-4H3,(H,18,23). The van der Waals surface area contributed by atoms with Crippen molar-refractivity contribution in [1.29, 1.82) is 5.26 Å². The Bertz CT molecular complexity index is 638. The van der Waals surface area contributed by atoms with Gasteiger partial charge in [-0.15, -0.1) is 0 Å². The first-order chi connectivity index (χ1) is 10.7. The lowest BCUT2D eigenvalue weighted by Gasteiger charge is -2.19. The van der Waals surface area contributed by atoms with Crippen LogP contribution < -0.4 is 5.32 Å². The van der Waals surface area contributed by atoms with Crippen LogP contribution >= 0.6 is 0 Å². The van der Waals surface area contributed by atoms with Gasteiger partial charge in [0, 0.05) is 12.7 Å². The van der Waals surface area contributed by atoms with Gasteiger partial charge in [0.2, 0.25) is 5.91 Å². The highest BCUT2D eigenvalue weighted by Crippen LogP contribution is 2.22. The molecule has 1 aliphatic heterocycles. The van der Waals surface area contributed by atoms with Gasteiger partial charge in [-0.3, -0.25) is 14.3 Å². The number of carbonyl (C=O) groups is 2. The van der Waals surface area contributed by atoms with E-state index in [0.717, 1.165) is 0 Å². The minimum atomic E-state index is -0.391. The zero-order valence-corrected chi connectivity index (χ0v) is 14.0. The van der Waals surface area contributed by atoms with Crippen LogP contribution in [0.15, 0.2) is 12.4 Å². The first-order valence-corrected chi connectivity index (χ1v) is 7.75. The molecule has 1 aromatic heterocycles. The number of carbonyl (C=O) groups excluding carboxylic acids is 2. The molecular formula is C16H23N5O2. The summed E-state index contributed by atoms with van der Waals surface area (Å²) >= 11 is 0. The molecule has 1 aromatic rings. The maximum Gasteiger partial charge on any atom is 0.254 e. The van der Waals surface area contributed by atoms with Gasteiger partial charge in [-0.2, -0.15) is 10.4 Å². The van der Waals surface area contributed by atoms with E-state index in [4.69, 9.17) is 5.26 Å². The topological polar surface area (TPSA) is 91.0 Å². The molecule has 0 saturated carbocycles. The molecule has 2 amide bonds. The summed E-state index contributed by atoms with van der Waals surface area (Å²) in [4.78, 5) is 25.9. The molecule has 124 valence electrons. The molecule has 2 atom stereocenters. The van der Waals surface area contributed by atoms with Crippen LogP contribution in [0.1, 0.15) is 44.5 Å². The number of nitriles is 1. The molecule has 1 saturated heterocycles. The fourth-order valence-corrected chi connectivity index (χ4v) is 2.61. The highest BCUT2D eigenvalue weighted by molar-refractivity contribution is 5.96. The van der Waals surface area contributed by atoms with E-state index in [1.165, 1.54) is 6.20 Å². The van der Waals surface area contributed by atoms with E-state index >= 15 is 0 Å². The summed E-state index contributed by atoms with van der Waals surface area (Å²) < 4.78 is 1.71. The smallest absolute Gasteiger partial charge is 0.254 e. The average Bonchev–Trinajstić information content (AvgIpc) is 3.10. The fraction of sp³-hybridized carbons (Fsp3) is 0.625. The lowest BCUT2D eigenvalue weighted by molar-refractivity contribution is -0.130. The van der Waals surface area contributed by atoms with Crippen molar-refractivity contribution in [2.75, 3.05) is 13.1 Å². The number of hydrogen-bond donors (Lipinski definition) is 1. The van der Waals surface area contributed by atoms with Gasteiger partial charge in [-0.1, -0.05) is 6.92 Å². The van der Waals surface area contributed by atoms with E-state index in [9.17, 15) is 9.59 Å². The summed E-state index contributed by atoms with van der Waals surface area (Å²) in [6.45, 7) is 8.43. The Balaban J connectivity index is 1.93. The summed E-state index contributed by atoms with van der Waals surface area (Å²) in [6.07, 6.45) is 3.84. The van der Waals surface area contributed by atoms with Gasteiger partial charge in [0.15, 0.2) is 0 Å². The Labute approximate surface area is 136 Å². The molecule has 2 rings (SSSR count). The molecule has 7 nitrogen and oxygen atoms in total. The lowest BCUT2D eigenvalue weighted by atomic mass is 10.1. The van der Waals surface area contributed by atoms with Crippen LogP contribution in [0.4, 0.5) is 0 Å². The number of aromatic nitrogens is 2. The average molecular weight is 317 g/mol. The normalized spacial score (nSPS) is 21.1. The van der Waals surface area contributed by atoms with Gasteiger partial charge in [-0.25, -0.2) is 0 Å². The molecule has 23 heavy (non-hydrogen) atoms. The molecule has 0 aromatic carbocycles. The van der Waals surface area contributed by atoms with Crippen molar-refractivity contribution in [3.05, 3.63) is 18.0 Å². The van der Waals surface area contributed by atoms with Gasteiger partial charge in [0.1, 0.15) is 6.04 Å². The fourth-order valence-electron chi connectivity index (χ4n) is 2.61. The van der Waals surface area contributed by atoms with Crippen molar-refractivity contribution < 1.29 is 9.59 Å². The second-order valence-corrected chi connectivity index (χ2v) is 7.06. The van der Waals surface area contributed by atoms with Crippen LogP contribution in [-0.4, -0.2) is 45.6 Å². The van der Waals surface area contributed by atoms with Crippen molar-refractivity contribution >= 4 is 11.8 Å². The Morgan fingerprint density at radius 1 is 1.48 bits per heavy atom. The van der Waals surface area contributed by atoms with E-state index in [0.29, 0.717) is 24.4 Å². The first-order valence-electron chi connectivity index (χ1n) is 7.75. The van der Waals surface area contributed by atoms with E-state index in [2.05, 4.69) is 16.5 Å². The van der Waals surface area contributed by atoms with E-state index < -0.39 is 6.04 Å². The van der Waals surface area contributed by atoms with E-state index in [1.54, 1.807) is 15.8 Å². The van der Waals surface area contributed by atoms with E-state index in [-0.39, 0.29) is 23.9 Å². The summed E-state index contributed by atoms with van der Waals surface area (Å²) in [5.74, 6) is -0.253. The van der Waals surface area contributed by atoms with E-state index in [1.807, 2.05) is 27.7 Å². The van der Waals surface area contributed by atoms with Crippen molar-refractivity contribution in [2.45, 2.75) is 45.7 Å². The molecule has 1 N–H and O–H groups in total. The van der Waals surface area contributed by atoms with Crippen LogP contribution in [0.25, 0.3) is 0 Å². The Kier molecular flexibility index (Phi) is 4.73. The largest absolute Gasteiger partial charge is 0.343 e. The Morgan fingerprint density at radius 2 is 2.17 bits per heavy atom. The molecule has 0 bridgehead atoms. The maximum absolute atomic E-state index is 12.2. The van der Waals surface area contributed by atoms with Crippen molar-refractivity contribution in [3.63, 3.8) is 0 Å². The van der Waals surface area contributed by atoms with Crippen LogP contribution in [0.5, 0.6) is 0 Å². The number of likely N-dealkylation sites (tertiary alicyclic amines) is 1. The summed E-state index contributed by atoms with van der Waals surface area (Å²) in [5.41, 5.74) is 0.208. The molecule has 1 fully saturated rings. The second kappa shape index (κ2) is 6.41. The number of hydrogen-bond acceptors (Lipinski definition) is 4. The molecule has 2 heterocycles. The quantitative estimate of drug-likeness (QED) is 0.904. The monoisotopic (exact) mass is 317 g/mol. The number of nitrogens with one attached hydrogen (secondary N) is 1. The maximum atomic E-state index is 12.2. The van der Waals surface area contributed by atoms with Gasteiger partial charge in [0.25, 0.3) is 5.91 Å². The molecule has 0 radical (unpaired) electrons. The molecule has 7 heteroatoms. The third-order valence-electron chi connectivity index (χ3n) is 3.91. The molecule has 0 aliphatic carbocycles. The van der Waals surface area contributed by atoms with Gasteiger partial charge < -0.3 is 10.2 Å². The predicted octanol–water partition coefficient (Wildman–Crippen LogP) is 1.13. The third-order valence-corrected chi connectivity index (χ3v) is 3.91. The lowest BCUT2D eigenvalue weighted by Crippen LogP contribution is -2.42. The van der Waals surface area contributed by atoms with Crippen LogP contribution in [0, 0.1) is 17.2 Å². The van der Waals surface area contributed by atoms with Gasteiger partial charge in [-0.05, 0) is 33.1 Å². The van der Waals surface area contributed by atoms with Gasteiger partial charge >= 0.3 is 0 Å². The molecular weight excluding hydrogens is 294 g/mol. The number of nitrogens with zero attached hydrogens (tertiary/aromatic N) is 4. The highest BCUT2D eigenvalue weighted by atomic mass is 16.2.